The largest absolute Gasteiger partial charge is 0.495 e. The van der Waals surface area contributed by atoms with Gasteiger partial charge in [0.05, 0.1) is 17.8 Å². The highest BCUT2D eigenvalue weighted by molar-refractivity contribution is 6.32. The summed E-state index contributed by atoms with van der Waals surface area (Å²) in [6.45, 7) is 0. The van der Waals surface area contributed by atoms with E-state index in [0.717, 1.165) is 22.4 Å². The molecule has 0 amide bonds. The number of hydrogen-bond donors (Lipinski definition) is 0. The molecule has 0 radical (unpaired) electrons. The molecule has 0 aliphatic carbocycles. The van der Waals surface area contributed by atoms with Crippen LogP contribution in [-0.4, -0.2) is 13.3 Å². The lowest BCUT2D eigenvalue weighted by Gasteiger charge is -2.06. The van der Waals surface area contributed by atoms with Crippen molar-refractivity contribution in [3.8, 4) is 16.9 Å². The van der Waals surface area contributed by atoms with Crippen molar-refractivity contribution in [1.82, 2.24) is 0 Å². The van der Waals surface area contributed by atoms with Gasteiger partial charge < -0.3 is 4.74 Å². The molecule has 0 aromatic heterocycles. The minimum absolute atomic E-state index is 0.611. The Morgan fingerprint density at radius 2 is 1.57 bits per heavy atom. The molecule has 0 saturated heterocycles. The van der Waals surface area contributed by atoms with E-state index in [-0.39, 0.29) is 0 Å². The van der Waals surface area contributed by atoms with E-state index < -0.39 is 0 Å². The Hall–Kier alpha value is -2.58. The molecule has 0 unspecified atom stereocenters. The van der Waals surface area contributed by atoms with Gasteiger partial charge in [-0.3, -0.25) is 4.99 Å². The third kappa shape index (κ3) is 3.79. The smallest absolute Gasteiger partial charge is 0.137 e. The molecule has 0 aliphatic rings. The lowest BCUT2D eigenvalue weighted by atomic mass is 10.0. The lowest BCUT2D eigenvalue weighted by molar-refractivity contribution is 0.415. The van der Waals surface area contributed by atoms with Crippen LogP contribution in [0.15, 0.2) is 77.8 Å². The third-order valence-corrected chi connectivity index (χ3v) is 3.81. The summed E-state index contributed by atoms with van der Waals surface area (Å²) >= 11 is 6.18. The summed E-state index contributed by atoms with van der Waals surface area (Å²) in [6, 6.07) is 23.9. The zero-order valence-electron chi connectivity index (χ0n) is 12.7. The average Bonchev–Trinajstić information content (AvgIpc) is 2.61. The molecular weight excluding hydrogens is 306 g/mol. The number of aliphatic imine (C=N–C) groups is 1. The topological polar surface area (TPSA) is 21.6 Å². The van der Waals surface area contributed by atoms with Crippen LogP contribution in [0.4, 0.5) is 5.69 Å². The maximum atomic E-state index is 6.18. The molecule has 0 heterocycles. The molecule has 0 N–H and O–H groups in total. The standard InChI is InChI=1S/C20H16ClNO/c1-23-20-12-11-17(13-19(20)21)16-9-7-15(8-10-16)14-22-18-5-3-2-4-6-18/h2-14H,1H3. The van der Waals surface area contributed by atoms with Gasteiger partial charge in [-0.05, 0) is 41.0 Å². The van der Waals surface area contributed by atoms with E-state index in [1.165, 1.54) is 0 Å². The van der Waals surface area contributed by atoms with Crippen LogP contribution in [0.5, 0.6) is 5.75 Å². The van der Waals surface area contributed by atoms with E-state index in [1.54, 1.807) is 7.11 Å². The molecule has 3 heteroatoms. The summed E-state index contributed by atoms with van der Waals surface area (Å²) in [5.74, 6) is 0.682. The van der Waals surface area contributed by atoms with Crippen LogP contribution in [0.2, 0.25) is 5.02 Å². The number of methoxy groups -OCH3 is 1. The van der Waals surface area contributed by atoms with E-state index in [2.05, 4.69) is 17.1 Å². The Labute approximate surface area is 141 Å². The molecule has 0 saturated carbocycles. The number of rotatable bonds is 4. The van der Waals surface area contributed by atoms with Gasteiger partial charge in [0.25, 0.3) is 0 Å². The molecule has 23 heavy (non-hydrogen) atoms. The van der Waals surface area contributed by atoms with Crippen LogP contribution in [0, 0.1) is 0 Å². The van der Waals surface area contributed by atoms with Gasteiger partial charge in [-0.15, -0.1) is 0 Å². The molecule has 3 aromatic rings. The van der Waals surface area contributed by atoms with Crippen LogP contribution in [0.25, 0.3) is 11.1 Å². The maximum absolute atomic E-state index is 6.18. The van der Waals surface area contributed by atoms with Crippen molar-refractivity contribution in [2.75, 3.05) is 7.11 Å². The molecule has 3 rings (SSSR count). The normalized spacial score (nSPS) is 10.9. The molecule has 2 nitrogen and oxygen atoms in total. The van der Waals surface area contributed by atoms with Gasteiger partial charge in [0.2, 0.25) is 0 Å². The summed E-state index contributed by atoms with van der Waals surface area (Å²) in [4.78, 5) is 4.45. The van der Waals surface area contributed by atoms with E-state index in [9.17, 15) is 0 Å². The lowest BCUT2D eigenvalue weighted by Crippen LogP contribution is -1.86. The highest BCUT2D eigenvalue weighted by atomic mass is 35.5. The molecule has 0 aliphatic heterocycles. The Bertz CT molecular complexity index is 811. The Morgan fingerprint density at radius 1 is 0.870 bits per heavy atom. The summed E-state index contributed by atoms with van der Waals surface area (Å²) in [6.07, 6.45) is 1.86. The second-order valence-corrected chi connectivity index (χ2v) is 5.47. The third-order valence-electron chi connectivity index (χ3n) is 3.51. The van der Waals surface area contributed by atoms with E-state index in [0.29, 0.717) is 10.8 Å². The van der Waals surface area contributed by atoms with Crippen molar-refractivity contribution in [1.29, 1.82) is 0 Å². The maximum Gasteiger partial charge on any atom is 0.137 e. The first-order valence-electron chi connectivity index (χ1n) is 7.29. The average molecular weight is 322 g/mol. The fourth-order valence-corrected chi connectivity index (χ4v) is 2.53. The summed E-state index contributed by atoms with van der Waals surface area (Å²) < 4.78 is 5.18. The molecule has 0 atom stereocenters. The first-order chi connectivity index (χ1) is 11.3. The minimum Gasteiger partial charge on any atom is -0.495 e. The number of benzene rings is 3. The van der Waals surface area contributed by atoms with Crippen molar-refractivity contribution in [3.63, 3.8) is 0 Å². The van der Waals surface area contributed by atoms with Crippen molar-refractivity contribution in [2.24, 2.45) is 4.99 Å². The van der Waals surface area contributed by atoms with Crippen LogP contribution < -0.4 is 4.74 Å². The van der Waals surface area contributed by atoms with E-state index in [4.69, 9.17) is 16.3 Å². The van der Waals surface area contributed by atoms with Gasteiger partial charge in [-0.25, -0.2) is 0 Å². The van der Waals surface area contributed by atoms with Crippen molar-refractivity contribution in [3.05, 3.63) is 83.4 Å². The van der Waals surface area contributed by atoms with Gasteiger partial charge in [0.15, 0.2) is 0 Å². The van der Waals surface area contributed by atoms with Gasteiger partial charge in [-0.1, -0.05) is 60.1 Å². The van der Waals surface area contributed by atoms with Gasteiger partial charge >= 0.3 is 0 Å². The summed E-state index contributed by atoms with van der Waals surface area (Å²) in [5.41, 5.74) is 4.16. The van der Waals surface area contributed by atoms with Crippen LogP contribution in [0.3, 0.4) is 0 Å². The van der Waals surface area contributed by atoms with Crippen molar-refractivity contribution < 1.29 is 4.74 Å². The predicted octanol–water partition coefficient (Wildman–Crippen LogP) is 5.77. The first kappa shape index (κ1) is 15.3. The monoisotopic (exact) mass is 321 g/mol. The van der Waals surface area contributed by atoms with Crippen LogP contribution in [0.1, 0.15) is 5.56 Å². The number of nitrogens with zero attached hydrogens (tertiary/aromatic N) is 1. The highest BCUT2D eigenvalue weighted by Crippen LogP contribution is 2.30. The van der Waals surface area contributed by atoms with E-state index in [1.807, 2.05) is 66.9 Å². The fraction of sp³-hybridized carbons (Fsp3) is 0.0500. The molecule has 0 bridgehead atoms. The molecule has 0 fully saturated rings. The second kappa shape index (κ2) is 7.12. The van der Waals surface area contributed by atoms with Crippen molar-refractivity contribution >= 4 is 23.5 Å². The zero-order chi connectivity index (χ0) is 16.1. The Kier molecular flexibility index (Phi) is 4.74. The summed E-state index contributed by atoms with van der Waals surface area (Å²) in [5, 5.41) is 0.611. The van der Waals surface area contributed by atoms with Crippen LogP contribution in [-0.2, 0) is 0 Å². The summed E-state index contributed by atoms with van der Waals surface area (Å²) in [7, 11) is 1.61. The molecule has 0 spiro atoms. The number of para-hydroxylation sites is 1. The number of hydrogen-bond acceptors (Lipinski definition) is 2. The molecule has 114 valence electrons. The fourth-order valence-electron chi connectivity index (χ4n) is 2.27. The Balaban J connectivity index is 1.79. The van der Waals surface area contributed by atoms with Gasteiger partial charge in [0, 0.05) is 6.21 Å². The number of halogens is 1. The quantitative estimate of drug-likeness (QED) is 0.559. The minimum atomic E-state index is 0.611. The predicted molar refractivity (Wildman–Crippen MR) is 97.1 cm³/mol. The van der Waals surface area contributed by atoms with Crippen molar-refractivity contribution in [2.45, 2.75) is 0 Å². The zero-order valence-corrected chi connectivity index (χ0v) is 13.5. The SMILES string of the molecule is COc1ccc(-c2ccc(C=Nc3ccccc3)cc2)cc1Cl. The first-order valence-corrected chi connectivity index (χ1v) is 7.67. The Morgan fingerprint density at radius 3 is 2.22 bits per heavy atom. The highest BCUT2D eigenvalue weighted by Gasteiger charge is 2.03. The number of ether oxygens (including phenoxy) is 1. The molecular formula is C20H16ClNO. The van der Waals surface area contributed by atoms with Crippen LogP contribution >= 0.6 is 11.6 Å². The van der Waals surface area contributed by atoms with E-state index >= 15 is 0 Å². The van der Waals surface area contributed by atoms with Gasteiger partial charge in [-0.2, -0.15) is 0 Å². The van der Waals surface area contributed by atoms with Gasteiger partial charge in [0.1, 0.15) is 5.75 Å². The molecule has 3 aromatic carbocycles. The second-order valence-electron chi connectivity index (χ2n) is 5.07.